The molecule has 0 saturated heterocycles. The third-order valence-electron chi connectivity index (χ3n) is 1.70. The van der Waals surface area contributed by atoms with E-state index in [0.29, 0.717) is 20.4 Å². The van der Waals surface area contributed by atoms with Crippen LogP contribution in [0.3, 0.4) is 0 Å². The predicted molar refractivity (Wildman–Crippen MR) is 54.6 cm³/mol. The second kappa shape index (κ2) is 3.14. The first-order valence-electron chi connectivity index (χ1n) is 3.62. The van der Waals surface area contributed by atoms with Crippen molar-refractivity contribution in [3.05, 3.63) is 25.0 Å². The third kappa shape index (κ3) is 1.23. The highest BCUT2D eigenvalue weighted by Crippen LogP contribution is 2.37. The van der Waals surface area contributed by atoms with Crippen molar-refractivity contribution < 1.29 is 4.74 Å². The first-order valence-corrected chi connectivity index (χ1v) is 4.81. The maximum Gasteiger partial charge on any atom is 0.314 e. The zero-order valence-electron chi connectivity index (χ0n) is 7.01. The molecule has 0 aliphatic heterocycles. The van der Waals surface area contributed by atoms with E-state index in [2.05, 4.69) is 9.97 Å². The number of H-pyrrole nitrogens is 2. The highest BCUT2D eigenvalue weighted by Gasteiger charge is 2.13. The molecule has 2 aromatic rings. The number of thiophene rings is 1. The summed E-state index contributed by atoms with van der Waals surface area (Å²) in [5.41, 5.74) is -0.990. The second-order valence-electron chi connectivity index (χ2n) is 2.52. The fourth-order valence-electron chi connectivity index (χ4n) is 1.10. The van der Waals surface area contributed by atoms with Crippen molar-refractivity contribution in [2.45, 2.75) is 0 Å². The molecule has 0 aromatic carbocycles. The van der Waals surface area contributed by atoms with Gasteiger partial charge in [0.15, 0.2) is 5.75 Å². The minimum atomic E-state index is -0.717. The van der Waals surface area contributed by atoms with Crippen LogP contribution >= 0.6 is 22.9 Å². The zero-order chi connectivity index (χ0) is 10.3. The number of rotatable bonds is 1. The fraction of sp³-hybridized carbons (Fsp3) is 0.143. The van der Waals surface area contributed by atoms with E-state index in [1.165, 1.54) is 7.11 Å². The molecule has 0 spiro atoms. The number of ether oxygens (including phenoxy) is 1. The van der Waals surface area contributed by atoms with Gasteiger partial charge in [0, 0.05) is 0 Å². The number of aromatic amines is 2. The first-order chi connectivity index (χ1) is 6.63. The summed E-state index contributed by atoms with van der Waals surface area (Å²) in [6.07, 6.45) is 0. The van der Waals surface area contributed by atoms with E-state index in [-0.39, 0.29) is 0 Å². The average molecular weight is 233 g/mol. The van der Waals surface area contributed by atoms with Gasteiger partial charge in [-0.25, -0.2) is 0 Å². The molecule has 74 valence electrons. The molecule has 14 heavy (non-hydrogen) atoms. The van der Waals surface area contributed by atoms with Gasteiger partial charge in [0.1, 0.15) is 14.7 Å². The molecule has 2 heterocycles. The minimum Gasteiger partial charge on any atom is -0.492 e. The van der Waals surface area contributed by atoms with Crippen LogP contribution in [0.15, 0.2) is 9.59 Å². The monoisotopic (exact) mass is 232 g/mol. The maximum absolute atomic E-state index is 11.0. The number of nitrogens with one attached hydrogen (secondary N) is 2. The summed E-state index contributed by atoms with van der Waals surface area (Å²) < 4.78 is 5.37. The van der Waals surface area contributed by atoms with Crippen molar-refractivity contribution in [2.24, 2.45) is 0 Å². The van der Waals surface area contributed by atoms with E-state index in [1.807, 2.05) is 0 Å². The van der Waals surface area contributed by atoms with Gasteiger partial charge in [0.05, 0.1) is 7.11 Å². The zero-order valence-corrected chi connectivity index (χ0v) is 8.58. The van der Waals surface area contributed by atoms with Crippen LogP contribution in [0.4, 0.5) is 0 Å². The van der Waals surface area contributed by atoms with Crippen LogP contribution in [-0.2, 0) is 0 Å². The first kappa shape index (κ1) is 9.29. The van der Waals surface area contributed by atoms with E-state index < -0.39 is 11.1 Å². The van der Waals surface area contributed by atoms with Crippen molar-refractivity contribution in [1.82, 2.24) is 9.97 Å². The second-order valence-corrected chi connectivity index (χ2v) is 4.14. The molecule has 0 aliphatic rings. The lowest BCUT2D eigenvalue weighted by Gasteiger charge is -1.95. The van der Waals surface area contributed by atoms with Crippen LogP contribution in [0.1, 0.15) is 0 Å². The van der Waals surface area contributed by atoms with Crippen LogP contribution in [0.2, 0.25) is 4.34 Å². The highest BCUT2D eigenvalue weighted by molar-refractivity contribution is 7.22. The van der Waals surface area contributed by atoms with Crippen LogP contribution in [0, 0.1) is 0 Å². The number of methoxy groups -OCH3 is 1. The lowest BCUT2D eigenvalue weighted by molar-refractivity contribution is 0.420. The van der Waals surface area contributed by atoms with Crippen LogP contribution in [0.25, 0.3) is 10.3 Å². The molecule has 0 fully saturated rings. The Morgan fingerprint density at radius 1 is 1.29 bits per heavy atom. The number of hydrogen-bond acceptors (Lipinski definition) is 4. The topological polar surface area (TPSA) is 75.0 Å². The normalized spacial score (nSPS) is 10.7. The van der Waals surface area contributed by atoms with Gasteiger partial charge in [-0.15, -0.1) is 0 Å². The molecule has 0 aliphatic carbocycles. The number of halogens is 1. The Morgan fingerprint density at radius 2 is 1.93 bits per heavy atom. The predicted octanol–water partition coefficient (Wildman–Crippen LogP) is 0.940. The molecule has 0 radical (unpaired) electrons. The largest absolute Gasteiger partial charge is 0.492 e. The van der Waals surface area contributed by atoms with Crippen LogP contribution < -0.4 is 15.9 Å². The van der Waals surface area contributed by atoms with Crippen molar-refractivity contribution >= 4 is 33.3 Å². The minimum absolute atomic E-state index is 0.375. The quantitative estimate of drug-likeness (QED) is 0.719. The van der Waals surface area contributed by atoms with Crippen molar-refractivity contribution in [3.8, 4) is 5.75 Å². The average Bonchev–Trinajstić information content (AvgIpc) is 2.42. The molecular formula is C7H5ClN2O3S. The van der Waals surface area contributed by atoms with E-state index in [0.717, 1.165) is 11.3 Å². The molecule has 2 aromatic heterocycles. The number of hydrogen-bond donors (Lipinski definition) is 2. The third-order valence-corrected chi connectivity index (χ3v) is 2.98. The summed E-state index contributed by atoms with van der Waals surface area (Å²) in [5, 5.41) is 0. The van der Waals surface area contributed by atoms with Gasteiger partial charge in [-0.05, 0) is 0 Å². The van der Waals surface area contributed by atoms with Gasteiger partial charge in [0.25, 0.3) is 0 Å². The summed E-state index contributed by atoms with van der Waals surface area (Å²) in [4.78, 5) is 27.3. The molecule has 0 saturated carbocycles. The van der Waals surface area contributed by atoms with E-state index in [4.69, 9.17) is 16.3 Å². The summed E-state index contributed by atoms with van der Waals surface area (Å²) >= 11 is 6.96. The summed E-state index contributed by atoms with van der Waals surface area (Å²) in [7, 11) is 1.44. The molecule has 0 unspecified atom stereocenters. The van der Waals surface area contributed by atoms with Gasteiger partial charge in [-0.2, -0.15) is 0 Å². The molecule has 5 nitrogen and oxygen atoms in total. The molecule has 0 amide bonds. The summed E-state index contributed by atoms with van der Waals surface area (Å²) in [5.74, 6) is 0.375. The summed E-state index contributed by atoms with van der Waals surface area (Å²) in [6, 6.07) is 0. The Balaban J connectivity index is 2.96. The molecular weight excluding hydrogens is 228 g/mol. The Labute approximate surface area is 86.3 Å². The van der Waals surface area contributed by atoms with Gasteiger partial charge < -0.3 is 14.7 Å². The molecule has 7 heteroatoms. The fourth-order valence-corrected chi connectivity index (χ4v) is 2.35. The summed E-state index contributed by atoms with van der Waals surface area (Å²) in [6.45, 7) is 0. The molecule has 2 N–H and O–H groups in total. The van der Waals surface area contributed by atoms with Gasteiger partial charge >= 0.3 is 11.1 Å². The van der Waals surface area contributed by atoms with Crippen molar-refractivity contribution in [1.29, 1.82) is 0 Å². The van der Waals surface area contributed by atoms with Gasteiger partial charge in [0.2, 0.25) is 0 Å². The number of fused-ring (bicyclic) bond motifs is 1. The lowest BCUT2D eigenvalue weighted by Crippen LogP contribution is -2.28. The molecule has 0 atom stereocenters. The number of aromatic nitrogens is 2. The Hall–Kier alpha value is -1.27. The van der Waals surface area contributed by atoms with Crippen molar-refractivity contribution in [2.75, 3.05) is 7.11 Å². The van der Waals surface area contributed by atoms with Crippen molar-refractivity contribution in [3.63, 3.8) is 0 Å². The Bertz CT molecular complexity index is 597. The van der Waals surface area contributed by atoms with E-state index in [9.17, 15) is 9.59 Å². The van der Waals surface area contributed by atoms with Gasteiger partial charge in [-0.1, -0.05) is 22.9 Å². The maximum atomic E-state index is 11.0. The van der Waals surface area contributed by atoms with E-state index >= 15 is 0 Å². The molecule has 0 bridgehead atoms. The SMILES string of the molecule is COc1c(Cl)sc2[nH]c(=O)c(=O)[nH]c12. The van der Waals surface area contributed by atoms with E-state index in [1.54, 1.807) is 0 Å². The highest BCUT2D eigenvalue weighted by atomic mass is 35.5. The molecule has 2 rings (SSSR count). The van der Waals surface area contributed by atoms with Gasteiger partial charge in [-0.3, -0.25) is 9.59 Å². The smallest absolute Gasteiger partial charge is 0.314 e. The standard InChI is InChI=1S/C7H5ClN2O3S/c1-13-3-2-7(14-4(3)8)10-6(12)5(11)9-2/h1H3,(H,9,11)(H,10,12). The van der Waals surface area contributed by atoms with Crippen LogP contribution in [-0.4, -0.2) is 17.1 Å². The van der Waals surface area contributed by atoms with Crippen LogP contribution in [0.5, 0.6) is 5.75 Å². The Kier molecular flexibility index (Phi) is 2.09. The Morgan fingerprint density at radius 3 is 2.57 bits per heavy atom. The lowest BCUT2D eigenvalue weighted by atomic mass is 10.5.